The summed E-state index contributed by atoms with van der Waals surface area (Å²) in [6.45, 7) is 4.79. The first-order valence-electron chi connectivity index (χ1n) is 9.01. The number of carbonyl (C=O) groups is 1. The second kappa shape index (κ2) is 8.16. The lowest BCUT2D eigenvalue weighted by molar-refractivity contribution is -0.121. The standard InChI is InChI=1S/C19H26N4O/c20-10-4-12-22-11-3-5-16(15-22)19(24)21-17-6-8-18(9-7-17)23-13-1-2-14-23/h6-9,16H,1-5,11-15H2,(H,21,24). The van der Waals surface area contributed by atoms with Crippen LogP contribution < -0.4 is 10.2 Å². The van der Waals surface area contributed by atoms with Crippen LogP contribution in [0.25, 0.3) is 0 Å². The second-order valence-corrected chi connectivity index (χ2v) is 6.78. The summed E-state index contributed by atoms with van der Waals surface area (Å²) >= 11 is 0. The average Bonchev–Trinajstić information content (AvgIpc) is 3.15. The summed E-state index contributed by atoms with van der Waals surface area (Å²) in [4.78, 5) is 17.1. The van der Waals surface area contributed by atoms with Crippen molar-refractivity contribution in [2.24, 2.45) is 5.92 Å². The molecule has 24 heavy (non-hydrogen) atoms. The van der Waals surface area contributed by atoms with Crippen LogP contribution in [0.5, 0.6) is 0 Å². The number of nitrogens with zero attached hydrogens (tertiary/aromatic N) is 3. The van der Waals surface area contributed by atoms with Crippen LogP contribution in [0.2, 0.25) is 0 Å². The highest BCUT2D eigenvalue weighted by Gasteiger charge is 2.25. The van der Waals surface area contributed by atoms with Crippen molar-refractivity contribution in [1.29, 1.82) is 5.26 Å². The first-order chi connectivity index (χ1) is 11.8. The zero-order valence-electron chi connectivity index (χ0n) is 14.2. The van der Waals surface area contributed by atoms with Crippen LogP contribution in [0, 0.1) is 17.2 Å². The van der Waals surface area contributed by atoms with Crippen molar-refractivity contribution < 1.29 is 4.79 Å². The van der Waals surface area contributed by atoms with Gasteiger partial charge in [0, 0.05) is 44.0 Å². The molecule has 0 saturated carbocycles. The number of anilines is 2. The Morgan fingerprint density at radius 1 is 1.17 bits per heavy atom. The van der Waals surface area contributed by atoms with Gasteiger partial charge in [0.15, 0.2) is 0 Å². The van der Waals surface area contributed by atoms with Gasteiger partial charge < -0.3 is 15.1 Å². The van der Waals surface area contributed by atoms with E-state index in [9.17, 15) is 4.79 Å². The van der Waals surface area contributed by atoms with Gasteiger partial charge >= 0.3 is 0 Å². The fourth-order valence-electron chi connectivity index (χ4n) is 3.66. The molecule has 1 atom stereocenters. The number of nitrogens with one attached hydrogen (secondary N) is 1. The van der Waals surface area contributed by atoms with Crippen molar-refractivity contribution in [3.8, 4) is 6.07 Å². The van der Waals surface area contributed by atoms with E-state index in [1.807, 2.05) is 12.1 Å². The van der Waals surface area contributed by atoms with E-state index >= 15 is 0 Å². The normalized spacial score (nSPS) is 21.5. The number of amides is 1. The molecule has 0 aliphatic carbocycles. The highest BCUT2D eigenvalue weighted by Crippen LogP contribution is 2.23. The van der Waals surface area contributed by atoms with E-state index in [1.165, 1.54) is 18.5 Å². The fourth-order valence-corrected chi connectivity index (χ4v) is 3.66. The van der Waals surface area contributed by atoms with Crippen molar-refractivity contribution >= 4 is 17.3 Å². The average molecular weight is 326 g/mol. The Morgan fingerprint density at radius 2 is 1.92 bits per heavy atom. The summed E-state index contributed by atoms with van der Waals surface area (Å²) in [5.41, 5.74) is 2.11. The second-order valence-electron chi connectivity index (χ2n) is 6.78. The van der Waals surface area contributed by atoms with E-state index in [-0.39, 0.29) is 11.8 Å². The summed E-state index contributed by atoms with van der Waals surface area (Å²) in [5.74, 6) is 0.126. The molecule has 5 heteroatoms. The van der Waals surface area contributed by atoms with E-state index in [0.29, 0.717) is 6.42 Å². The fraction of sp³-hybridized carbons (Fsp3) is 0.579. The molecule has 2 saturated heterocycles. The summed E-state index contributed by atoms with van der Waals surface area (Å²) < 4.78 is 0. The maximum absolute atomic E-state index is 12.5. The number of benzene rings is 1. The molecule has 2 fully saturated rings. The number of rotatable bonds is 5. The Hall–Kier alpha value is -2.06. The summed E-state index contributed by atoms with van der Waals surface area (Å²) in [6, 6.07) is 10.4. The predicted octanol–water partition coefficient (Wildman–Crippen LogP) is 2.85. The van der Waals surface area contributed by atoms with Crippen molar-refractivity contribution in [2.75, 3.05) is 42.9 Å². The molecule has 3 rings (SSSR count). The third kappa shape index (κ3) is 4.27. The highest BCUT2D eigenvalue weighted by atomic mass is 16.1. The van der Waals surface area contributed by atoms with Gasteiger partial charge in [-0.2, -0.15) is 5.26 Å². The van der Waals surface area contributed by atoms with Crippen LogP contribution in [0.15, 0.2) is 24.3 Å². The lowest BCUT2D eigenvalue weighted by atomic mass is 9.97. The molecular formula is C19H26N4O. The van der Waals surface area contributed by atoms with Crippen LogP contribution in [0.3, 0.4) is 0 Å². The molecular weight excluding hydrogens is 300 g/mol. The molecule has 0 aromatic heterocycles. The predicted molar refractivity (Wildman–Crippen MR) is 95.9 cm³/mol. The number of hydrogen-bond acceptors (Lipinski definition) is 4. The molecule has 0 radical (unpaired) electrons. The van der Waals surface area contributed by atoms with Crippen molar-refractivity contribution in [3.05, 3.63) is 24.3 Å². The third-order valence-electron chi connectivity index (χ3n) is 5.02. The van der Waals surface area contributed by atoms with Crippen molar-refractivity contribution in [3.63, 3.8) is 0 Å². The van der Waals surface area contributed by atoms with E-state index < -0.39 is 0 Å². The Morgan fingerprint density at radius 3 is 2.62 bits per heavy atom. The van der Waals surface area contributed by atoms with Crippen LogP contribution >= 0.6 is 0 Å². The molecule has 0 bridgehead atoms. The molecule has 1 N–H and O–H groups in total. The minimum absolute atomic E-state index is 0.0238. The molecule has 1 aromatic rings. The van der Waals surface area contributed by atoms with Gasteiger partial charge in [-0.15, -0.1) is 0 Å². The highest BCUT2D eigenvalue weighted by molar-refractivity contribution is 5.92. The molecule has 0 spiro atoms. The third-order valence-corrected chi connectivity index (χ3v) is 5.02. The van der Waals surface area contributed by atoms with Crippen LogP contribution in [0.1, 0.15) is 32.1 Å². The minimum atomic E-state index is 0.0238. The zero-order valence-corrected chi connectivity index (χ0v) is 14.2. The van der Waals surface area contributed by atoms with Gasteiger partial charge in [-0.25, -0.2) is 0 Å². The van der Waals surface area contributed by atoms with Gasteiger partial charge in [-0.3, -0.25) is 4.79 Å². The molecule has 2 aliphatic rings. The Labute approximate surface area is 144 Å². The van der Waals surface area contributed by atoms with E-state index in [4.69, 9.17) is 5.26 Å². The Bertz CT molecular complexity index is 586. The van der Waals surface area contributed by atoms with E-state index in [2.05, 4.69) is 33.3 Å². The monoisotopic (exact) mass is 326 g/mol. The maximum Gasteiger partial charge on any atom is 0.228 e. The van der Waals surface area contributed by atoms with Gasteiger partial charge in [-0.05, 0) is 56.5 Å². The van der Waals surface area contributed by atoms with Gasteiger partial charge in [0.1, 0.15) is 0 Å². The number of nitriles is 1. The smallest absolute Gasteiger partial charge is 0.228 e. The molecule has 1 amide bonds. The minimum Gasteiger partial charge on any atom is -0.372 e. The summed E-state index contributed by atoms with van der Waals surface area (Å²) in [6.07, 6.45) is 5.02. The quantitative estimate of drug-likeness (QED) is 0.904. The SMILES string of the molecule is N#CCCN1CCCC(C(=O)Nc2ccc(N3CCCC3)cc2)C1. The maximum atomic E-state index is 12.5. The largest absolute Gasteiger partial charge is 0.372 e. The summed E-state index contributed by atoms with van der Waals surface area (Å²) in [5, 5.41) is 11.8. The molecule has 1 aromatic carbocycles. The first kappa shape index (κ1) is 16.8. The van der Waals surface area contributed by atoms with Crippen molar-refractivity contribution in [2.45, 2.75) is 32.1 Å². The van der Waals surface area contributed by atoms with Crippen LogP contribution in [0.4, 0.5) is 11.4 Å². The van der Waals surface area contributed by atoms with Gasteiger partial charge in [0.25, 0.3) is 0 Å². The van der Waals surface area contributed by atoms with Crippen LogP contribution in [-0.4, -0.2) is 43.5 Å². The zero-order chi connectivity index (χ0) is 16.8. The number of piperidine rings is 1. The lowest BCUT2D eigenvalue weighted by Gasteiger charge is -2.31. The molecule has 128 valence electrons. The first-order valence-corrected chi connectivity index (χ1v) is 9.01. The Kier molecular flexibility index (Phi) is 5.71. The van der Waals surface area contributed by atoms with Gasteiger partial charge in [-0.1, -0.05) is 0 Å². The van der Waals surface area contributed by atoms with E-state index in [0.717, 1.165) is 51.3 Å². The van der Waals surface area contributed by atoms with Crippen molar-refractivity contribution in [1.82, 2.24) is 4.90 Å². The van der Waals surface area contributed by atoms with Gasteiger partial charge in [0.2, 0.25) is 5.91 Å². The lowest BCUT2D eigenvalue weighted by Crippen LogP contribution is -2.41. The molecule has 1 unspecified atom stereocenters. The molecule has 2 heterocycles. The molecule has 5 nitrogen and oxygen atoms in total. The number of hydrogen-bond donors (Lipinski definition) is 1. The van der Waals surface area contributed by atoms with Gasteiger partial charge in [0.05, 0.1) is 12.0 Å². The summed E-state index contributed by atoms with van der Waals surface area (Å²) in [7, 11) is 0. The molecule has 2 aliphatic heterocycles. The number of carbonyl (C=O) groups excluding carboxylic acids is 1. The topological polar surface area (TPSA) is 59.4 Å². The van der Waals surface area contributed by atoms with E-state index in [1.54, 1.807) is 0 Å². The number of likely N-dealkylation sites (tertiary alicyclic amines) is 1. The van der Waals surface area contributed by atoms with Crippen LogP contribution in [-0.2, 0) is 4.79 Å². The Balaban J connectivity index is 1.53.